The van der Waals surface area contributed by atoms with E-state index in [0.29, 0.717) is 43.1 Å². The van der Waals surface area contributed by atoms with Gasteiger partial charge < -0.3 is 9.64 Å². The van der Waals surface area contributed by atoms with Crippen molar-refractivity contribution in [3.8, 4) is 0 Å². The molecule has 8 nitrogen and oxygen atoms in total. The molecule has 1 aliphatic carbocycles. The molecule has 33 heavy (non-hydrogen) atoms. The molecule has 1 fully saturated rings. The summed E-state index contributed by atoms with van der Waals surface area (Å²) >= 11 is 0. The third-order valence-corrected chi connectivity index (χ3v) is 8.08. The average Bonchev–Trinajstić information content (AvgIpc) is 3.43. The number of rotatable bonds is 7. The van der Waals surface area contributed by atoms with Crippen LogP contribution in [-0.2, 0) is 32.5 Å². The standard InChI is InChI=1S/C24H33N3O5S/c1-25(13-6-9-23(28)32-2)24(29)17-10-11-21-19(15-17)20-16-26(18-7-4-5-8-18)14-12-22(20)27(21)33(3,30)31/h10-11,15,18H,4-9,12-14,16H2,1-3H3. The molecule has 0 saturated heterocycles. The lowest BCUT2D eigenvalue weighted by Crippen LogP contribution is -2.38. The van der Waals surface area contributed by atoms with Gasteiger partial charge >= 0.3 is 5.97 Å². The normalized spacial score (nSPS) is 17.3. The number of fused-ring (bicyclic) bond motifs is 3. The number of methoxy groups -OCH3 is 1. The van der Waals surface area contributed by atoms with Crippen molar-refractivity contribution < 1.29 is 22.7 Å². The van der Waals surface area contributed by atoms with Crippen molar-refractivity contribution in [1.29, 1.82) is 0 Å². The lowest BCUT2D eigenvalue weighted by atomic mass is 10.0. The summed E-state index contributed by atoms with van der Waals surface area (Å²) in [6.45, 7) is 2.01. The van der Waals surface area contributed by atoms with Gasteiger partial charge in [0.15, 0.2) is 0 Å². The van der Waals surface area contributed by atoms with E-state index < -0.39 is 10.0 Å². The summed E-state index contributed by atoms with van der Waals surface area (Å²) in [6, 6.07) is 5.85. The summed E-state index contributed by atoms with van der Waals surface area (Å²) in [5.74, 6) is -0.441. The Morgan fingerprint density at radius 2 is 1.94 bits per heavy atom. The molecule has 9 heteroatoms. The van der Waals surface area contributed by atoms with Crippen LogP contribution in [0.5, 0.6) is 0 Å². The summed E-state index contributed by atoms with van der Waals surface area (Å²) in [7, 11) is -0.415. The van der Waals surface area contributed by atoms with E-state index in [2.05, 4.69) is 9.64 Å². The zero-order valence-electron chi connectivity index (χ0n) is 19.7. The van der Waals surface area contributed by atoms with Crippen LogP contribution in [0.2, 0.25) is 0 Å². The van der Waals surface area contributed by atoms with E-state index in [-0.39, 0.29) is 18.3 Å². The second kappa shape index (κ2) is 9.46. The maximum Gasteiger partial charge on any atom is 0.305 e. The Morgan fingerprint density at radius 3 is 2.61 bits per heavy atom. The van der Waals surface area contributed by atoms with Crippen LogP contribution < -0.4 is 0 Å². The summed E-state index contributed by atoms with van der Waals surface area (Å²) in [4.78, 5) is 28.5. The maximum absolute atomic E-state index is 13.1. The first kappa shape index (κ1) is 23.8. The van der Waals surface area contributed by atoms with Crippen LogP contribution >= 0.6 is 0 Å². The molecule has 4 rings (SSSR count). The van der Waals surface area contributed by atoms with Crippen LogP contribution in [0.25, 0.3) is 10.9 Å². The monoisotopic (exact) mass is 475 g/mol. The molecule has 0 N–H and O–H groups in total. The van der Waals surface area contributed by atoms with Crippen molar-refractivity contribution in [3.05, 3.63) is 35.0 Å². The first-order chi connectivity index (χ1) is 15.7. The van der Waals surface area contributed by atoms with Gasteiger partial charge in [-0.25, -0.2) is 12.4 Å². The van der Waals surface area contributed by atoms with Gasteiger partial charge in [0.2, 0.25) is 10.0 Å². The average molecular weight is 476 g/mol. The molecule has 1 amide bonds. The van der Waals surface area contributed by atoms with Crippen LogP contribution in [0.15, 0.2) is 18.2 Å². The molecule has 1 saturated carbocycles. The van der Waals surface area contributed by atoms with Crippen LogP contribution in [-0.4, -0.2) is 73.6 Å². The van der Waals surface area contributed by atoms with Gasteiger partial charge in [-0.1, -0.05) is 12.8 Å². The smallest absolute Gasteiger partial charge is 0.305 e. The maximum atomic E-state index is 13.1. The van der Waals surface area contributed by atoms with Crippen LogP contribution in [0.4, 0.5) is 0 Å². The fourth-order valence-corrected chi connectivity index (χ4v) is 6.43. The number of esters is 1. The molecular formula is C24H33N3O5S. The van der Waals surface area contributed by atoms with Gasteiger partial charge in [0.05, 0.1) is 18.9 Å². The molecule has 0 atom stereocenters. The molecule has 180 valence electrons. The van der Waals surface area contributed by atoms with Gasteiger partial charge in [-0.15, -0.1) is 0 Å². The highest BCUT2D eigenvalue weighted by molar-refractivity contribution is 7.89. The lowest BCUT2D eigenvalue weighted by molar-refractivity contribution is -0.140. The molecule has 1 aromatic heterocycles. The molecule has 2 aromatic rings. The second-order valence-corrected chi connectivity index (χ2v) is 11.1. The van der Waals surface area contributed by atoms with Gasteiger partial charge in [0, 0.05) is 62.2 Å². The predicted octanol–water partition coefficient (Wildman–Crippen LogP) is 2.77. The Bertz CT molecular complexity index is 1160. The third kappa shape index (κ3) is 4.80. The number of benzene rings is 1. The Hall–Kier alpha value is -2.39. The molecule has 0 radical (unpaired) electrons. The van der Waals surface area contributed by atoms with Crippen LogP contribution in [0.3, 0.4) is 0 Å². The number of aromatic nitrogens is 1. The van der Waals surface area contributed by atoms with Crippen LogP contribution in [0, 0.1) is 0 Å². The van der Waals surface area contributed by atoms with E-state index in [0.717, 1.165) is 23.2 Å². The zero-order chi connectivity index (χ0) is 23.8. The topological polar surface area (TPSA) is 88.9 Å². The van der Waals surface area contributed by atoms with Crippen molar-refractivity contribution in [2.75, 3.05) is 33.5 Å². The highest BCUT2D eigenvalue weighted by Gasteiger charge is 2.32. The lowest BCUT2D eigenvalue weighted by Gasteiger charge is -2.32. The van der Waals surface area contributed by atoms with Crippen molar-refractivity contribution in [3.63, 3.8) is 0 Å². The number of ether oxygens (including phenoxy) is 1. The van der Waals surface area contributed by atoms with E-state index >= 15 is 0 Å². The Balaban J connectivity index is 1.66. The van der Waals surface area contributed by atoms with Gasteiger partial charge in [-0.2, -0.15) is 0 Å². The minimum atomic E-state index is -3.48. The molecule has 2 aliphatic rings. The van der Waals surface area contributed by atoms with Gasteiger partial charge in [0.25, 0.3) is 5.91 Å². The first-order valence-corrected chi connectivity index (χ1v) is 13.5. The molecule has 1 aliphatic heterocycles. The highest BCUT2D eigenvalue weighted by Crippen LogP contribution is 2.35. The summed E-state index contributed by atoms with van der Waals surface area (Å²) in [5, 5.41) is 0.840. The van der Waals surface area contributed by atoms with E-state index in [1.807, 2.05) is 6.07 Å². The summed E-state index contributed by atoms with van der Waals surface area (Å²) < 4.78 is 31.5. The molecule has 1 aromatic carbocycles. The van der Waals surface area contributed by atoms with Crippen LogP contribution in [0.1, 0.15) is 60.1 Å². The van der Waals surface area contributed by atoms with E-state index in [1.165, 1.54) is 43.0 Å². The van der Waals surface area contributed by atoms with Crippen molar-refractivity contribution in [2.24, 2.45) is 0 Å². The van der Waals surface area contributed by atoms with Crippen molar-refractivity contribution >= 4 is 32.8 Å². The second-order valence-electron chi connectivity index (χ2n) is 9.25. The number of hydrogen-bond donors (Lipinski definition) is 0. The number of carbonyl (C=O) groups is 2. The quantitative estimate of drug-likeness (QED) is 0.572. The molecule has 0 bridgehead atoms. The van der Waals surface area contributed by atoms with Gasteiger partial charge in [0.1, 0.15) is 0 Å². The first-order valence-electron chi connectivity index (χ1n) is 11.6. The third-order valence-electron chi connectivity index (χ3n) is 7.00. The van der Waals surface area contributed by atoms with Gasteiger partial charge in [-0.05, 0) is 43.0 Å². The zero-order valence-corrected chi connectivity index (χ0v) is 20.5. The minimum absolute atomic E-state index is 0.147. The van der Waals surface area contributed by atoms with Crippen molar-refractivity contribution in [2.45, 2.75) is 57.5 Å². The highest BCUT2D eigenvalue weighted by atomic mass is 32.2. The Kier molecular flexibility index (Phi) is 6.81. The summed E-state index contributed by atoms with van der Waals surface area (Å²) in [5.41, 5.74) is 3.03. The summed E-state index contributed by atoms with van der Waals surface area (Å²) in [6.07, 6.45) is 7.59. The number of nitrogens with zero attached hydrogens (tertiary/aromatic N) is 3. The Labute approximate surface area is 195 Å². The van der Waals surface area contributed by atoms with Gasteiger partial charge in [-0.3, -0.25) is 14.5 Å². The van der Waals surface area contributed by atoms with E-state index in [4.69, 9.17) is 0 Å². The fraction of sp³-hybridized carbons (Fsp3) is 0.583. The SMILES string of the molecule is COC(=O)CCCN(C)C(=O)c1ccc2c(c1)c1c(n2S(C)(=O)=O)CCN(C2CCCC2)C1. The molecule has 2 heterocycles. The number of carbonyl (C=O) groups excluding carboxylic acids is 2. The van der Waals surface area contributed by atoms with E-state index in [9.17, 15) is 18.0 Å². The molecule has 0 spiro atoms. The fourth-order valence-electron chi connectivity index (χ4n) is 5.32. The predicted molar refractivity (Wildman–Crippen MR) is 127 cm³/mol. The molecule has 0 unspecified atom stereocenters. The molecular weight excluding hydrogens is 442 g/mol. The minimum Gasteiger partial charge on any atom is -0.469 e. The Morgan fingerprint density at radius 1 is 1.21 bits per heavy atom. The largest absolute Gasteiger partial charge is 0.469 e. The number of hydrogen-bond acceptors (Lipinski definition) is 6. The van der Waals surface area contributed by atoms with E-state index in [1.54, 1.807) is 24.1 Å². The number of amides is 1. The van der Waals surface area contributed by atoms with Crippen molar-refractivity contribution in [1.82, 2.24) is 13.8 Å².